The first-order chi connectivity index (χ1) is 14.1. The zero-order valence-corrected chi connectivity index (χ0v) is 16.7. The predicted octanol–water partition coefficient (Wildman–Crippen LogP) is 5.56. The number of hydrogen-bond donors (Lipinski definition) is 0. The minimum absolute atomic E-state index is 0.735. The number of nitrogens with zero attached hydrogens (tertiary/aromatic N) is 3. The number of pyridine rings is 2. The molecule has 0 fully saturated rings. The maximum absolute atomic E-state index is 9.81. The summed E-state index contributed by atoms with van der Waals surface area (Å²) >= 11 is 0. The number of aryl methyl sites for hydroxylation is 3. The predicted molar refractivity (Wildman–Crippen MR) is 119 cm³/mol. The second kappa shape index (κ2) is 5.46. The zero-order valence-electron chi connectivity index (χ0n) is 16.7. The number of benzene rings is 3. The van der Waals surface area contributed by atoms with Gasteiger partial charge in [0.2, 0.25) is 5.52 Å². The van der Waals surface area contributed by atoms with Crippen molar-refractivity contribution in [3.63, 3.8) is 0 Å². The lowest BCUT2D eigenvalue weighted by Gasteiger charge is -2.14. The summed E-state index contributed by atoms with van der Waals surface area (Å²) < 4.78 is 4.63. The van der Waals surface area contributed by atoms with Gasteiger partial charge >= 0.3 is 0 Å². The molecule has 0 bridgehead atoms. The summed E-state index contributed by atoms with van der Waals surface area (Å²) in [6, 6.07) is 19.7. The molecule has 3 aromatic heterocycles. The van der Waals surface area contributed by atoms with Crippen LogP contribution in [-0.4, -0.2) is 4.40 Å². The Morgan fingerprint density at radius 3 is 2.66 bits per heavy atom. The molecule has 0 radical (unpaired) electrons. The van der Waals surface area contributed by atoms with E-state index in [2.05, 4.69) is 78.5 Å². The molecule has 138 valence electrons. The number of fused-ring (bicyclic) bond motifs is 5. The van der Waals surface area contributed by atoms with Gasteiger partial charge in [0.1, 0.15) is 7.05 Å². The first-order valence-electron chi connectivity index (χ1n) is 10.1. The normalized spacial score (nSPS) is 12.1. The Morgan fingerprint density at radius 1 is 1.00 bits per heavy atom. The Balaban J connectivity index is 2.12. The summed E-state index contributed by atoms with van der Waals surface area (Å²) in [5, 5.41) is 15.8. The van der Waals surface area contributed by atoms with Gasteiger partial charge in [0.25, 0.3) is 0 Å². The van der Waals surface area contributed by atoms with Gasteiger partial charge in [0.15, 0.2) is 6.20 Å². The third kappa shape index (κ3) is 1.89. The van der Waals surface area contributed by atoms with Crippen molar-refractivity contribution in [2.75, 3.05) is 0 Å². The summed E-state index contributed by atoms with van der Waals surface area (Å²) in [6.07, 6.45) is 3.16. The molecule has 6 aromatic rings. The molecule has 0 atom stereocenters. The maximum atomic E-state index is 9.81. The molecule has 0 aliphatic heterocycles. The zero-order chi connectivity index (χ0) is 19.9. The number of aromatic nitrogens is 2. The van der Waals surface area contributed by atoms with Crippen LogP contribution in [0.15, 0.2) is 54.7 Å². The highest BCUT2D eigenvalue weighted by Gasteiger charge is 2.24. The molecule has 0 aliphatic rings. The van der Waals surface area contributed by atoms with Crippen molar-refractivity contribution < 1.29 is 4.57 Å². The molecule has 0 aliphatic carbocycles. The van der Waals surface area contributed by atoms with Crippen molar-refractivity contribution >= 4 is 49.0 Å². The minimum atomic E-state index is 0.735. The van der Waals surface area contributed by atoms with E-state index in [-0.39, 0.29) is 0 Å². The van der Waals surface area contributed by atoms with E-state index in [0.29, 0.717) is 0 Å². The molecule has 3 aromatic carbocycles. The number of rotatable bonds is 1. The van der Waals surface area contributed by atoms with E-state index < -0.39 is 0 Å². The van der Waals surface area contributed by atoms with E-state index in [9.17, 15) is 5.26 Å². The average molecular weight is 374 g/mol. The first kappa shape index (κ1) is 16.3. The van der Waals surface area contributed by atoms with Gasteiger partial charge in [0, 0.05) is 16.8 Å². The number of hydrogen-bond acceptors (Lipinski definition) is 1. The van der Waals surface area contributed by atoms with Crippen molar-refractivity contribution in [1.29, 1.82) is 5.26 Å². The van der Waals surface area contributed by atoms with Crippen molar-refractivity contribution in [3.05, 3.63) is 71.4 Å². The highest BCUT2D eigenvalue weighted by Crippen LogP contribution is 2.41. The van der Waals surface area contributed by atoms with Crippen LogP contribution in [0.25, 0.3) is 49.0 Å². The van der Waals surface area contributed by atoms with E-state index >= 15 is 0 Å². The molecular weight excluding hydrogens is 354 g/mol. The fourth-order valence-corrected chi connectivity index (χ4v) is 5.12. The standard InChI is InChI=1S/C26H20N3/c1-4-16-12-17-10-11-28(3)26-22-15(2)8-9-19-23-18(14-27)6-5-7-20(23)29(25(19)22)21(13-16)24(17)26/h5-13H,4H2,1-3H3/q+1. The summed E-state index contributed by atoms with van der Waals surface area (Å²) in [4.78, 5) is 0. The van der Waals surface area contributed by atoms with Crippen molar-refractivity contribution in [2.45, 2.75) is 20.3 Å². The topological polar surface area (TPSA) is 32.1 Å². The largest absolute Gasteiger partial charge is 0.307 e. The maximum Gasteiger partial charge on any atom is 0.224 e. The molecular formula is C26H20N3+. The van der Waals surface area contributed by atoms with Gasteiger partial charge in [0.05, 0.1) is 39.0 Å². The molecule has 0 saturated carbocycles. The van der Waals surface area contributed by atoms with Crippen LogP contribution in [0.1, 0.15) is 23.6 Å². The lowest BCUT2D eigenvalue weighted by Crippen LogP contribution is -2.29. The van der Waals surface area contributed by atoms with Gasteiger partial charge in [-0.25, -0.2) is 4.57 Å². The Bertz CT molecular complexity index is 1660. The highest BCUT2D eigenvalue weighted by molar-refractivity contribution is 6.26. The molecule has 3 nitrogen and oxygen atoms in total. The van der Waals surface area contributed by atoms with Crippen LogP contribution in [0, 0.1) is 18.3 Å². The molecule has 0 N–H and O–H groups in total. The highest BCUT2D eigenvalue weighted by atomic mass is 15.0. The summed E-state index contributed by atoms with van der Waals surface area (Å²) in [6.45, 7) is 4.39. The fraction of sp³-hybridized carbons (Fsp3) is 0.154. The number of nitriles is 1. The second-order valence-electron chi connectivity index (χ2n) is 8.01. The van der Waals surface area contributed by atoms with Crippen molar-refractivity contribution in [2.24, 2.45) is 7.05 Å². The lowest BCUT2D eigenvalue weighted by molar-refractivity contribution is -0.643. The Hall–Kier alpha value is -3.64. The monoisotopic (exact) mass is 374 g/mol. The fourth-order valence-electron chi connectivity index (χ4n) is 5.12. The second-order valence-corrected chi connectivity index (χ2v) is 8.01. The molecule has 0 amide bonds. The Morgan fingerprint density at radius 2 is 1.86 bits per heavy atom. The van der Waals surface area contributed by atoms with Gasteiger partial charge in [-0.3, -0.25) is 0 Å². The van der Waals surface area contributed by atoms with E-state index in [4.69, 9.17) is 0 Å². The van der Waals surface area contributed by atoms with Crippen LogP contribution >= 0.6 is 0 Å². The third-order valence-corrected chi connectivity index (χ3v) is 6.44. The van der Waals surface area contributed by atoms with E-state index in [1.165, 1.54) is 43.8 Å². The van der Waals surface area contributed by atoms with E-state index in [0.717, 1.165) is 28.3 Å². The van der Waals surface area contributed by atoms with Gasteiger partial charge in [-0.15, -0.1) is 0 Å². The van der Waals surface area contributed by atoms with Crippen LogP contribution < -0.4 is 4.57 Å². The van der Waals surface area contributed by atoms with Gasteiger partial charge in [-0.1, -0.05) is 31.2 Å². The Kier molecular flexibility index (Phi) is 3.07. The molecule has 3 heterocycles. The van der Waals surface area contributed by atoms with Crippen LogP contribution in [-0.2, 0) is 13.5 Å². The van der Waals surface area contributed by atoms with Crippen LogP contribution in [0.4, 0.5) is 0 Å². The van der Waals surface area contributed by atoms with Crippen molar-refractivity contribution in [1.82, 2.24) is 4.40 Å². The van der Waals surface area contributed by atoms with Crippen molar-refractivity contribution in [3.8, 4) is 6.07 Å². The molecule has 0 unspecified atom stereocenters. The quantitative estimate of drug-likeness (QED) is 0.211. The van der Waals surface area contributed by atoms with Crippen LogP contribution in [0.3, 0.4) is 0 Å². The molecule has 29 heavy (non-hydrogen) atoms. The lowest BCUT2D eigenvalue weighted by atomic mass is 9.97. The van der Waals surface area contributed by atoms with E-state index in [1.807, 2.05) is 12.1 Å². The summed E-state index contributed by atoms with van der Waals surface area (Å²) in [5.41, 5.74) is 8.13. The van der Waals surface area contributed by atoms with Gasteiger partial charge in [-0.05, 0) is 48.1 Å². The summed E-state index contributed by atoms with van der Waals surface area (Å²) in [7, 11) is 2.13. The molecule has 3 heteroatoms. The Labute approximate surface area is 168 Å². The smallest absolute Gasteiger partial charge is 0.224 e. The van der Waals surface area contributed by atoms with Gasteiger partial charge < -0.3 is 4.40 Å². The molecule has 0 spiro atoms. The van der Waals surface area contributed by atoms with Gasteiger partial charge in [-0.2, -0.15) is 5.26 Å². The first-order valence-corrected chi connectivity index (χ1v) is 10.1. The third-order valence-electron chi connectivity index (χ3n) is 6.44. The average Bonchev–Trinajstić information content (AvgIpc) is 3.09. The minimum Gasteiger partial charge on any atom is -0.307 e. The van der Waals surface area contributed by atoms with Crippen LogP contribution in [0.5, 0.6) is 0 Å². The van der Waals surface area contributed by atoms with E-state index in [1.54, 1.807) is 0 Å². The van der Waals surface area contributed by atoms with Crippen LogP contribution in [0.2, 0.25) is 0 Å². The summed E-state index contributed by atoms with van der Waals surface area (Å²) in [5.74, 6) is 0. The SMILES string of the molecule is CCc1cc2cc[n+](C)c3c4c(C)ccc5c6c(C#N)cccc6n(c(c1)c23)c54. The molecule has 6 rings (SSSR count). The molecule has 0 saturated heterocycles.